The van der Waals surface area contributed by atoms with E-state index >= 15 is 0 Å². The highest BCUT2D eigenvalue weighted by Gasteiger charge is 2.15. The van der Waals surface area contributed by atoms with Crippen molar-refractivity contribution >= 4 is 0 Å². The maximum absolute atomic E-state index is 5.87. The number of hydrogen-bond acceptors (Lipinski definition) is 1. The minimum Gasteiger partial charge on any atom is -0.324 e. The van der Waals surface area contributed by atoms with Gasteiger partial charge in [-0.15, -0.1) is 0 Å². The molecule has 2 unspecified atom stereocenters. The van der Waals surface area contributed by atoms with E-state index in [1.54, 1.807) is 0 Å². The second kappa shape index (κ2) is 2.59. The first-order valence-corrected chi connectivity index (χ1v) is 3.73. The second-order valence-electron chi connectivity index (χ2n) is 3.18. The predicted molar refractivity (Wildman–Crippen MR) is 44.7 cm³/mol. The molecule has 1 nitrogen and oxygen atoms in total. The molecule has 0 aromatic heterocycles. The maximum atomic E-state index is 5.87. The summed E-state index contributed by atoms with van der Waals surface area (Å²) in [6, 6.07) is 0.240. The highest BCUT2D eigenvalue weighted by molar-refractivity contribution is 5.30. The molecular weight excluding hydrogens is 122 g/mol. The molecule has 10 heavy (non-hydrogen) atoms. The van der Waals surface area contributed by atoms with E-state index in [4.69, 9.17) is 5.73 Å². The van der Waals surface area contributed by atoms with Gasteiger partial charge in [0.25, 0.3) is 0 Å². The van der Waals surface area contributed by atoms with E-state index in [1.165, 1.54) is 11.1 Å². The number of rotatable bonds is 0. The van der Waals surface area contributed by atoms with Crippen LogP contribution in [0.1, 0.15) is 20.8 Å². The fourth-order valence-corrected chi connectivity index (χ4v) is 1.44. The average molecular weight is 137 g/mol. The molecule has 1 heteroatoms. The van der Waals surface area contributed by atoms with Crippen LogP contribution in [0.2, 0.25) is 0 Å². The number of allylic oxidation sites excluding steroid dienone is 2. The summed E-state index contributed by atoms with van der Waals surface area (Å²) in [5.41, 5.74) is 8.51. The Labute approximate surface area is 62.6 Å². The van der Waals surface area contributed by atoms with E-state index in [9.17, 15) is 0 Å². The Morgan fingerprint density at radius 1 is 1.40 bits per heavy atom. The van der Waals surface area contributed by atoms with Gasteiger partial charge in [-0.2, -0.15) is 0 Å². The zero-order valence-electron chi connectivity index (χ0n) is 6.89. The van der Waals surface area contributed by atoms with E-state index < -0.39 is 0 Å². The lowest BCUT2D eigenvalue weighted by atomic mass is 9.89. The SMILES string of the molecule is CC1=CC(C)C(N)C(C)=C1. The molecule has 2 atom stereocenters. The highest BCUT2D eigenvalue weighted by Crippen LogP contribution is 2.20. The summed E-state index contributed by atoms with van der Waals surface area (Å²) in [5, 5.41) is 0. The molecule has 0 aliphatic heterocycles. The highest BCUT2D eigenvalue weighted by atomic mass is 14.6. The molecule has 1 aliphatic carbocycles. The van der Waals surface area contributed by atoms with Crippen LogP contribution in [-0.4, -0.2) is 6.04 Å². The monoisotopic (exact) mass is 137 g/mol. The summed E-state index contributed by atoms with van der Waals surface area (Å²) in [5.74, 6) is 0.505. The first-order chi connectivity index (χ1) is 4.61. The van der Waals surface area contributed by atoms with Crippen molar-refractivity contribution < 1.29 is 0 Å². The third-order valence-electron chi connectivity index (χ3n) is 2.07. The molecule has 0 heterocycles. The molecule has 1 rings (SSSR count). The van der Waals surface area contributed by atoms with Crippen molar-refractivity contribution in [1.82, 2.24) is 0 Å². The molecule has 0 bridgehead atoms. The van der Waals surface area contributed by atoms with E-state index in [2.05, 4.69) is 32.9 Å². The third-order valence-corrected chi connectivity index (χ3v) is 2.07. The Kier molecular flexibility index (Phi) is 1.95. The van der Waals surface area contributed by atoms with Gasteiger partial charge in [0.15, 0.2) is 0 Å². The van der Waals surface area contributed by atoms with E-state index in [0.29, 0.717) is 5.92 Å². The molecule has 0 radical (unpaired) electrons. The van der Waals surface area contributed by atoms with E-state index in [1.807, 2.05) is 0 Å². The smallest absolute Gasteiger partial charge is 0.0315 e. The molecular formula is C9H15N. The minimum atomic E-state index is 0.240. The Balaban J connectivity index is 2.85. The quantitative estimate of drug-likeness (QED) is 0.542. The number of nitrogens with two attached hydrogens (primary N) is 1. The summed E-state index contributed by atoms with van der Waals surface area (Å²) in [4.78, 5) is 0. The Hall–Kier alpha value is -0.560. The van der Waals surface area contributed by atoms with Crippen LogP contribution >= 0.6 is 0 Å². The van der Waals surface area contributed by atoms with Gasteiger partial charge < -0.3 is 5.73 Å². The van der Waals surface area contributed by atoms with Gasteiger partial charge >= 0.3 is 0 Å². The Morgan fingerprint density at radius 3 is 2.50 bits per heavy atom. The topological polar surface area (TPSA) is 26.0 Å². The third kappa shape index (κ3) is 1.29. The van der Waals surface area contributed by atoms with Crippen LogP contribution in [0.5, 0.6) is 0 Å². The van der Waals surface area contributed by atoms with E-state index in [-0.39, 0.29) is 6.04 Å². The summed E-state index contributed by atoms with van der Waals surface area (Å²) < 4.78 is 0. The molecule has 0 spiro atoms. The second-order valence-corrected chi connectivity index (χ2v) is 3.18. The lowest BCUT2D eigenvalue weighted by Gasteiger charge is -2.22. The molecule has 0 saturated carbocycles. The molecule has 0 fully saturated rings. The van der Waals surface area contributed by atoms with Crippen LogP contribution < -0.4 is 5.73 Å². The van der Waals surface area contributed by atoms with Crippen molar-refractivity contribution in [3.05, 3.63) is 23.3 Å². The summed E-state index contributed by atoms with van der Waals surface area (Å²) in [6.45, 7) is 6.37. The van der Waals surface area contributed by atoms with Crippen molar-refractivity contribution in [1.29, 1.82) is 0 Å². The molecule has 0 aromatic carbocycles. The summed E-state index contributed by atoms with van der Waals surface area (Å²) in [7, 11) is 0. The molecule has 56 valence electrons. The van der Waals surface area contributed by atoms with Gasteiger partial charge in [-0.25, -0.2) is 0 Å². The Morgan fingerprint density at radius 2 is 2.00 bits per heavy atom. The van der Waals surface area contributed by atoms with Gasteiger partial charge in [0.1, 0.15) is 0 Å². The van der Waals surface area contributed by atoms with Gasteiger partial charge in [0.05, 0.1) is 0 Å². The first kappa shape index (κ1) is 7.55. The van der Waals surface area contributed by atoms with E-state index in [0.717, 1.165) is 0 Å². The van der Waals surface area contributed by atoms with Crippen LogP contribution in [-0.2, 0) is 0 Å². The minimum absolute atomic E-state index is 0.240. The normalized spacial score (nSPS) is 33.2. The molecule has 1 aliphatic rings. The lowest BCUT2D eigenvalue weighted by molar-refractivity contribution is 0.592. The largest absolute Gasteiger partial charge is 0.324 e. The zero-order chi connectivity index (χ0) is 7.72. The van der Waals surface area contributed by atoms with Crippen molar-refractivity contribution in [3.8, 4) is 0 Å². The van der Waals surface area contributed by atoms with Gasteiger partial charge in [-0.1, -0.05) is 30.2 Å². The lowest BCUT2D eigenvalue weighted by Crippen LogP contribution is -2.30. The fraction of sp³-hybridized carbons (Fsp3) is 0.556. The summed E-state index contributed by atoms with van der Waals surface area (Å²) in [6.07, 6.45) is 4.38. The fourth-order valence-electron chi connectivity index (χ4n) is 1.44. The summed E-state index contributed by atoms with van der Waals surface area (Å²) >= 11 is 0. The number of hydrogen-bond donors (Lipinski definition) is 1. The first-order valence-electron chi connectivity index (χ1n) is 3.73. The van der Waals surface area contributed by atoms with Crippen LogP contribution in [0.3, 0.4) is 0 Å². The zero-order valence-corrected chi connectivity index (χ0v) is 6.89. The molecule has 2 N–H and O–H groups in total. The van der Waals surface area contributed by atoms with Crippen LogP contribution in [0.4, 0.5) is 0 Å². The molecule has 0 amide bonds. The predicted octanol–water partition coefficient (Wildman–Crippen LogP) is 1.86. The molecule has 0 saturated heterocycles. The van der Waals surface area contributed by atoms with Crippen molar-refractivity contribution in [2.24, 2.45) is 11.7 Å². The van der Waals surface area contributed by atoms with Crippen LogP contribution in [0, 0.1) is 5.92 Å². The van der Waals surface area contributed by atoms with Crippen LogP contribution in [0.25, 0.3) is 0 Å². The maximum Gasteiger partial charge on any atom is 0.0315 e. The van der Waals surface area contributed by atoms with Crippen molar-refractivity contribution in [3.63, 3.8) is 0 Å². The standard InChI is InChI=1S/C9H15N/c1-6-4-7(2)9(10)8(3)5-6/h4-5,7,9H,10H2,1-3H3. The molecule has 0 aromatic rings. The van der Waals surface area contributed by atoms with Crippen molar-refractivity contribution in [2.45, 2.75) is 26.8 Å². The van der Waals surface area contributed by atoms with Gasteiger partial charge in [0.2, 0.25) is 0 Å². The van der Waals surface area contributed by atoms with Gasteiger partial charge in [-0.3, -0.25) is 0 Å². The van der Waals surface area contributed by atoms with Gasteiger partial charge in [0, 0.05) is 6.04 Å². The van der Waals surface area contributed by atoms with Crippen LogP contribution in [0.15, 0.2) is 23.3 Å². The average Bonchev–Trinajstić information content (AvgIpc) is 1.82. The van der Waals surface area contributed by atoms with Gasteiger partial charge in [-0.05, 0) is 19.8 Å². The Bertz CT molecular complexity index is 189. The van der Waals surface area contributed by atoms with Crippen molar-refractivity contribution in [2.75, 3.05) is 0 Å².